The van der Waals surface area contributed by atoms with Crippen molar-refractivity contribution in [3.8, 4) is 11.5 Å². The predicted octanol–water partition coefficient (Wildman–Crippen LogP) is 7.50. The summed E-state index contributed by atoms with van der Waals surface area (Å²) in [4.78, 5) is 0. The number of thioether (sulfide) groups is 1. The van der Waals surface area contributed by atoms with Gasteiger partial charge in [0.05, 0.1) is 18.2 Å². The Labute approximate surface area is 190 Å². The van der Waals surface area contributed by atoms with Crippen LogP contribution in [0.25, 0.3) is 0 Å². The van der Waals surface area contributed by atoms with E-state index < -0.39 is 0 Å². The van der Waals surface area contributed by atoms with Gasteiger partial charge in [-0.3, -0.25) is 0 Å². The lowest BCUT2D eigenvalue weighted by molar-refractivity contribution is 0.316. The lowest BCUT2D eigenvalue weighted by Gasteiger charge is -2.27. The maximum Gasteiger partial charge on any atom is 0.140 e. The summed E-state index contributed by atoms with van der Waals surface area (Å²) in [5, 5.41) is 0.646. The van der Waals surface area contributed by atoms with Crippen molar-refractivity contribution in [2.45, 2.75) is 46.0 Å². The second-order valence-electron chi connectivity index (χ2n) is 7.54. The Hall–Kier alpha value is -1.03. The van der Waals surface area contributed by atoms with Crippen LogP contribution in [0.1, 0.15) is 50.3 Å². The van der Waals surface area contributed by atoms with Crippen molar-refractivity contribution in [2.75, 3.05) is 30.6 Å². The molecule has 29 heavy (non-hydrogen) atoms. The molecule has 0 fully saturated rings. The van der Waals surface area contributed by atoms with E-state index in [2.05, 4.69) is 51.1 Å². The highest BCUT2D eigenvalue weighted by Crippen LogP contribution is 2.38. The maximum atomic E-state index is 6.55. The molecule has 2 nitrogen and oxygen atoms in total. The zero-order valence-electron chi connectivity index (χ0n) is 17.9. The van der Waals surface area contributed by atoms with Crippen LogP contribution in [0.5, 0.6) is 11.5 Å². The van der Waals surface area contributed by atoms with Crippen LogP contribution in [0, 0.1) is 6.92 Å². The van der Waals surface area contributed by atoms with E-state index >= 15 is 0 Å². The quantitative estimate of drug-likeness (QED) is 0.244. The summed E-state index contributed by atoms with van der Waals surface area (Å²) in [5.41, 5.74) is 3.24. The summed E-state index contributed by atoms with van der Waals surface area (Å²) in [5.74, 6) is 4.56. The molecule has 0 spiro atoms. The molecule has 0 saturated carbocycles. The third-order valence-corrected chi connectivity index (χ3v) is 6.49. The summed E-state index contributed by atoms with van der Waals surface area (Å²) in [6.45, 7) is 9.98. The van der Waals surface area contributed by atoms with E-state index in [1.54, 1.807) is 0 Å². The molecule has 0 unspecified atom stereocenters. The van der Waals surface area contributed by atoms with Crippen LogP contribution in [-0.4, -0.2) is 30.6 Å². The van der Waals surface area contributed by atoms with Crippen LogP contribution < -0.4 is 9.47 Å². The first-order valence-corrected chi connectivity index (χ1v) is 12.3. The van der Waals surface area contributed by atoms with Crippen LogP contribution in [0.4, 0.5) is 0 Å². The number of rotatable bonds is 12. The van der Waals surface area contributed by atoms with Crippen molar-refractivity contribution in [1.29, 1.82) is 0 Å². The summed E-state index contributed by atoms with van der Waals surface area (Å²) in [6, 6.07) is 12.6. The van der Waals surface area contributed by atoms with E-state index in [9.17, 15) is 0 Å². The molecule has 2 aromatic rings. The topological polar surface area (TPSA) is 18.5 Å². The number of ether oxygens (including phenoxy) is 2. The fourth-order valence-electron chi connectivity index (χ4n) is 3.13. The van der Waals surface area contributed by atoms with Gasteiger partial charge in [-0.15, -0.1) is 11.6 Å². The molecule has 0 aromatic heterocycles. The maximum absolute atomic E-state index is 6.55. The molecule has 0 radical (unpaired) electrons. The third kappa shape index (κ3) is 7.01. The Morgan fingerprint density at radius 2 is 1.66 bits per heavy atom. The van der Waals surface area contributed by atoms with Gasteiger partial charge in [0.25, 0.3) is 0 Å². The van der Waals surface area contributed by atoms with Gasteiger partial charge in [0, 0.05) is 11.3 Å². The summed E-state index contributed by atoms with van der Waals surface area (Å²) in [7, 11) is 0. The zero-order valence-corrected chi connectivity index (χ0v) is 20.2. The summed E-state index contributed by atoms with van der Waals surface area (Å²) in [6.07, 6.45) is 1.87. The average Bonchev–Trinajstić information content (AvgIpc) is 2.70. The van der Waals surface area contributed by atoms with Crippen LogP contribution >= 0.6 is 35.0 Å². The first kappa shape index (κ1) is 24.2. The SMILES string of the molecule is CCSCCCOc1ccc(C(C)(C)c2cc(C)c(OCCCCl)c(Cl)c2)cc1. The van der Waals surface area contributed by atoms with Gasteiger partial charge in [-0.05, 0) is 66.2 Å². The Morgan fingerprint density at radius 1 is 0.966 bits per heavy atom. The molecule has 0 aliphatic heterocycles. The minimum absolute atomic E-state index is 0.181. The van der Waals surface area contributed by atoms with Crippen molar-refractivity contribution in [1.82, 2.24) is 0 Å². The summed E-state index contributed by atoms with van der Waals surface area (Å²) >= 11 is 14.2. The Balaban J connectivity index is 2.09. The number of alkyl halides is 1. The van der Waals surface area contributed by atoms with E-state index in [1.807, 2.05) is 24.8 Å². The minimum atomic E-state index is -0.181. The molecular weight excluding hydrogens is 423 g/mol. The van der Waals surface area contributed by atoms with E-state index in [0.717, 1.165) is 53.6 Å². The number of hydrogen-bond acceptors (Lipinski definition) is 3. The molecular formula is C24H32Cl2O2S. The number of aryl methyl sites for hydroxylation is 1. The van der Waals surface area contributed by atoms with Gasteiger partial charge in [-0.2, -0.15) is 11.8 Å². The number of halogens is 2. The molecule has 2 rings (SSSR count). The van der Waals surface area contributed by atoms with Gasteiger partial charge >= 0.3 is 0 Å². The van der Waals surface area contributed by atoms with Crippen molar-refractivity contribution in [3.05, 3.63) is 58.1 Å². The highest BCUT2D eigenvalue weighted by molar-refractivity contribution is 7.99. The lowest BCUT2D eigenvalue weighted by Crippen LogP contribution is -2.19. The molecule has 0 aliphatic carbocycles. The predicted molar refractivity (Wildman–Crippen MR) is 129 cm³/mol. The first-order valence-electron chi connectivity index (χ1n) is 10.2. The molecule has 160 valence electrons. The second-order valence-corrected chi connectivity index (χ2v) is 9.72. The Morgan fingerprint density at radius 3 is 2.28 bits per heavy atom. The zero-order chi connectivity index (χ0) is 21.3. The third-order valence-electron chi connectivity index (χ3n) is 4.96. The Kier molecular flexibility index (Phi) is 10.0. The van der Waals surface area contributed by atoms with Crippen LogP contribution in [0.3, 0.4) is 0 Å². The monoisotopic (exact) mass is 454 g/mol. The fraction of sp³-hybridized carbons (Fsp3) is 0.500. The lowest BCUT2D eigenvalue weighted by atomic mass is 9.77. The first-order chi connectivity index (χ1) is 13.9. The molecule has 0 amide bonds. The normalized spacial score (nSPS) is 11.5. The largest absolute Gasteiger partial charge is 0.494 e. The van der Waals surface area contributed by atoms with Gasteiger partial charge in [0.2, 0.25) is 0 Å². The van der Waals surface area contributed by atoms with Gasteiger partial charge in [-0.25, -0.2) is 0 Å². The highest BCUT2D eigenvalue weighted by Gasteiger charge is 2.25. The smallest absolute Gasteiger partial charge is 0.140 e. The van der Waals surface area contributed by atoms with Crippen LogP contribution in [-0.2, 0) is 5.41 Å². The van der Waals surface area contributed by atoms with Crippen molar-refractivity contribution in [2.24, 2.45) is 0 Å². The Bertz CT molecular complexity index is 737. The van der Waals surface area contributed by atoms with Gasteiger partial charge in [0.15, 0.2) is 0 Å². The van der Waals surface area contributed by atoms with E-state index in [0.29, 0.717) is 17.5 Å². The van der Waals surface area contributed by atoms with Crippen molar-refractivity contribution in [3.63, 3.8) is 0 Å². The molecule has 0 atom stereocenters. The minimum Gasteiger partial charge on any atom is -0.494 e. The molecule has 2 aromatic carbocycles. The van der Waals surface area contributed by atoms with Crippen LogP contribution in [0.15, 0.2) is 36.4 Å². The molecule has 0 aliphatic rings. The van der Waals surface area contributed by atoms with Crippen LogP contribution in [0.2, 0.25) is 5.02 Å². The van der Waals surface area contributed by atoms with E-state index in [1.165, 1.54) is 5.56 Å². The van der Waals surface area contributed by atoms with Gasteiger partial charge in [0.1, 0.15) is 11.5 Å². The van der Waals surface area contributed by atoms with E-state index in [4.69, 9.17) is 32.7 Å². The molecule has 5 heteroatoms. The summed E-state index contributed by atoms with van der Waals surface area (Å²) < 4.78 is 11.7. The number of hydrogen-bond donors (Lipinski definition) is 0. The molecule has 0 bridgehead atoms. The molecule has 0 saturated heterocycles. The van der Waals surface area contributed by atoms with Gasteiger partial charge in [-0.1, -0.05) is 50.6 Å². The van der Waals surface area contributed by atoms with Crippen molar-refractivity contribution < 1.29 is 9.47 Å². The van der Waals surface area contributed by atoms with E-state index in [-0.39, 0.29) is 5.41 Å². The standard InChI is InChI=1S/C24H32Cl2O2S/c1-5-29-15-7-14-27-21-10-8-19(9-11-21)24(3,4)20-16-18(2)23(22(26)17-20)28-13-6-12-25/h8-11,16-17H,5-7,12-15H2,1-4H3. The average molecular weight is 455 g/mol. The highest BCUT2D eigenvalue weighted by atomic mass is 35.5. The second kappa shape index (κ2) is 12.0. The fourth-order valence-corrected chi connectivity index (χ4v) is 4.17. The molecule has 0 heterocycles. The van der Waals surface area contributed by atoms with Crippen molar-refractivity contribution >= 4 is 35.0 Å². The van der Waals surface area contributed by atoms with Gasteiger partial charge < -0.3 is 9.47 Å². The number of benzene rings is 2. The molecule has 0 N–H and O–H groups in total.